The van der Waals surface area contributed by atoms with Crippen molar-refractivity contribution in [3.05, 3.63) is 18.1 Å². The Hall–Kier alpha value is -2.11. The molecule has 0 saturated carbocycles. The van der Waals surface area contributed by atoms with Crippen molar-refractivity contribution in [3.8, 4) is 0 Å². The normalized spacial score (nSPS) is 11.8. The van der Waals surface area contributed by atoms with E-state index < -0.39 is 5.91 Å². The van der Waals surface area contributed by atoms with Gasteiger partial charge >= 0.3 is 0 Å². The van der Waals surface area contributed by atoms with Crippen LogP contribution in [-0.2, 0) is 6.54 Å². The minimum atomic E-state index is -0.454. The van der Waals surface area contributed by atoms with Gasteiger partial charge in [-0.2, -0.15) is 0 Å². The minimum Gasteiger partial charge on any atom is -0.372 e. The summed E-state index contributed by atoms with van der Waals surface area (Å²) in [5.74, 6) is 0.240. The Morgan fingerprint density at radius 3 is 2.63 bits per heavy atom. The number of carbonyl (C=O) groups is 1. The van der Waals surface area contributed by atoms with Crippen LogP contribution in [0.25, 0.3) is 11.0 Å². The third-order valence-corrected chi connectivity index (χ3v) is 2.81. The molecule has 1 amide bonds. The average molecular weight is 261 g/mol. The SMILES string of the molecule is CNc1ncnc2c1cc(C(N)=O)n2CC(C)(C)C. The number of amides is 1. The van der Waals surface area contributed by atoms with Crippen LogP contribution in [0.1, 0.15) is 31.3 Å². The number of nitrogens with zero attached hydrogens (tertiary/aromatic N) is 3. The molecule has 102 valence electrons. The van der Waals surface area contributed by atoms with E-state index in [2.05, 4.69) is 36.1 Å². The number of anilines is 1. The smallest absolute Gasteiger partial charge is 0.265 e. The van der Waals surface area contributed by atoms with Crippen LogP contribution in [0, 0.1) is 5.41 Å². The van der Waals surface area contributed by atoms with Crippen molar-refractivity contribution in [3.63, 3.8) is 0 Å². The molecule has 6 nitrogen and oxygen atoms in total. The Bertz CT molecular complexity index is 624. The molecule has 0 unspecified atom stereocenters. The van der Waals surface area contributed by atoms with Crippen molar-refractivity contribution in [1.82, 2.24) is 14.5 Å². The van der Waals surface area contributed by atoms with Crippen LogP contribution in [-0.4, -0.2) is 27.5 Å². The summed E-state index contributed by atoms with van der Waals surface area (Å²) >= 11 is 0. The summed E-state index contributed by atoms with van der Waals surface area (Å²) < 4.78 is 1.86. The van der Waals surface area contributed by atoms with Crippen molar-refractivity contribution in [2.24, 2.45) is 11.1 Å². The van der Waals surface area contributed by atoms with Gasteiger partial charge in [-0.25, -0.2) is 9.97 Å². The largest absolute Gasteiger partial charge is 0.372 e. The summed E-state index contributed by atoms with van der Waals surface area (Å²) in [4.78, 5) is 20.0. The second-order valence-corrected chi connectivity index (χ2v) is 5.75. The van der Waals surface area contributed by atoms with E-state index in [1.54, 1.807) is 13.1 Å². The molecular formula is C13H19N5O. The number of hydrogen-bond donors (Lipinski definition) is 2. The van der Waals surface area contributed by atoms with Gasteiger partial charge in [-0.3, -0.25) is 4.79 Å². The van der Waals surface area contributed by atoms with Gasteiger partial charge in [0.1, 0.15) is 23.5 Å². The highest BCUT2D eigenvalue weighted by Gasteiger charge is 2.21. The van der Waals surface area contributed by atoms with E-state index in [4.69, 9.17) is 5.73 Å². The predicted molar refractivity (Wildman–Crippen MR) is 75.0 cm³/mol. The maximum Gasteiger partial charge on any atom is 0.265 e. The predicted octanol–water partition coefficient (Wildman–Crippen LogP) is 1.62. The monoisotopic (exact) mass is 261 g/mol. The number of nitrogens with two attached hydrogens (primary N) is 1. The molecule has 0 bridgehead atoms. The molecule has 6 heteroatoms. The van der Waals surface area contributed by atoms with Crippen molar-refractivity contribution in [1.29, 1.82) is 0 Å². The summed E-state index contributed by atoms with van der Waals surface area (Å²) in [5, 5.41) is 3.80. The van der Waals surface area contributed by atoms with Gasteiger partial charge in [0.2, 0.25) is 0 Å². The molecule has 0 radical (unpaired) electrons. The van der Waals surface area contributed by atoms with E-state index >= 15 is 0 Å². The number of nitrogens with one attached hydrogen (secondary N) is 1. The quantitative estimate of drug-likeness (QED) is 0.879. The van der Waals surface area contributed by atoms with Gasteiger partial charge in [0.25, 0.3) is 5.91 Å². The summed E-state index contributed by atoms with van der Waals surface area (Å²) in [7, 11) is 1.78. The van der Waals surface area contributed by atoms with Crippen LogP contribution in [0.2, 0.25) is 0 Å². The molecule has 0 aliphatic heterocycles. The molecule has 0 spiro atoms. The maximum absolute atomic E-state index is 11.6. The first-order valence-electron chi connectivity index (χ1n) is 6.15. The van der Waals surface area contributed by atoms with Gasteiger partial charge in [-0.05, 0) is 11.5 Å². The third kappa shape index (κ3) is 2.52. The Morgan fingerprint density at radius 1 is 1.42 bits per heavy atom. The number of fused-ring (bicyclic) bond motifs is 1. The van der Waals surface area contributed by atoms with Gasteiger partial charge in [0, 0.05) is 13.6 Å². The topological polar surface area (TPSA) is 85.8 Å². The van der Waals surface area contributed by atoms with E-state index in [0.29, 0.717) is 18.1 Å². The van der Waals surface area contributed by atoms with E-state index in [0.717, 1.165) is 11.0 Å². The third-order valence-electron chi connectivity index (χ3n) is 2.81. The van der Waals surface area contributed by atoms with Crippen molar-refractivity contribution < 1.29 is 4.79 Å². The summed E-state index contributed by atoms with van der Waals surface area (Å²) in [6.07, 6.45) is 1.48. The number of carbonyl (C=O) groups excluding carboxylic acids is 1. The zero-order valence-electron chi connectivity index (χ0n) is 11.7. The molecular weight excluding hydrogens is 242 g/mol. The van der Waals surface area contributed by atoms with E-state index in [-0.39, 0.29) is 5.41 Å². The van der Waals surface area contributed by atoms with Gasteiger partial charge in [0.15, 0.2) is 0 Å². The molecule has 2 aromatic heterocycles. The maximum atomic E-state index is 11.6. The van der Waals surface area contributed by atoms with Crippen molar-refractivity contribution in [2.75, 3.05) is 12.4 Å². The van der Waals surface area contributed by atoms with Crippen LogP contribution in [0.4, 0.5) is 5.82 Å². The minimum absolute atomic E-state index is 0.0148. The van der Waals surface area contributed by atoms with E-state index in [9.17, 15) is 4.79 Å². The number of rotatable bonds is 3. The Labute approximate surface area is 112 Å². The van der Waals surface area contributed by atoms with Crippen LogP contribution < -0.4 is 11.1 Å². The lowest BCUT2D eigenvalue weighted by atomic mass is 9.97. The molecule has 2 aromatic rings. The highest BCUT2D eigenvalue weighted by molar-refractivity contribution is 5.99. The molecule has 0 atom stereocenters. The molecule has 0 fully saturated rings. The second-order valence-electron chi connectivity index (χ2n) is 5.75. The lowest BCUT2D eigenvalue weighted by Gasteiger charge is -2.20. The summed E-state index contributed by atoms with van der Waals surface area (Å²) in [5.41, 5.74) is 6.66. The fourth-order valence-corrected chi connectivity index (χ4v) is 2.10. The van der Waals surface area contributed by atoms with Crippen LogP contribution in [0.3, 0.4) is 0 Å². The zero-order chi connectivity index (χ0) is 14.2. The zero-order valence-corrected chi connectivity index (χ0v) is 11.7. The molecule has 0 aliphatic carbocycles. The summed E-state index contributed by atoms with van der Waals surface area (Å²) in [6.45, 7) is 6.96. The molecule has 0 aliphatic rings. The lowest BCUT2D eigenvalue weighted by Crippen LogP contribution is -2.22. The van der Waals surface area contributed by atoms with Crippen molar-refractivity contribution in [2.45, 2.75) is 27.3 Å². The Kier molecular flexibility index (Phi) is 3.18. The standard InChI is InChI=1S/C13H19N5O/c1-13(2,3)6-18-9(10(14)19)5-8-11(15-4)16-7-17-12(8)18/h5,7H,6H2,1-4H3,(H2,14,19)(H,15,16,17). The first-order chi connectivity index (χ1) is 8.83. The van der Waals surface area contributed by atoms with E-state index in [1.165, 1.54) is 6.33 Å². The number of primary amides is 1. The van der Waals surface area contributed by atoms with Crippen LogP contribution in [0.15, 0.2) is 12.4 Å². The van der Waals surface area contributed by atoms with Crippen LogP contribution >= 0.6 is 0 Å². The first-order valence-corrected chi connectivity index (χ1v) is 6.15. The highest BCUT2D eigenvalue weighted by atomic mass is 16.1. The Balaban J connectivity index is 2.71. The van der Waals surface area contributed by atoms with E-state index in [1.807, 2.05) is 4.57 Å². The van der Waals surface area contributed by atoms with Crippen molar-refractivity contribution >= 4 is 22.8 Å². The highest BCUT2D eigenvalue weighted by Crippen LogP contribution is 2.27. The Morgan fingerprint density at radius 2 is 2.11 bits per heavy atom. The van der Waals surface area contributed by atoms with Gasteiger partial charge in [0.05, 0.1) is 5.39 Å². The van der Waals surface area contributed by atoms with Crippen LogP contribution in [0.5, 0.6) is 0 Å². The molecule has 19 heavy (non-hydrogen) atoms. The molecule has 0 aromatic carbocycles. The lowest BCUT2D eigenvalue weighted by molar-refractivity contribution is 0.0990. The average Bonchev–Trinajstić information content (AvgIpc) is 2.66. The fraction of sp³-hybridized carbons (Fsp3) is 0.462. The molecule has 3 N–H and O–H groups in total. The van der Waals surface area contributed by atoms with Gasteiger partial charge in [-0.1, -0.05) is 20.8 Å². The van der Waals surface area contributed by atoms with Gasteiger partial charge in [-0.15, -0.1) is 0 Å². The number of aromatic nitrogens is 3. The fourth-order valence-electron chi connectivity index (χ4n) is 2.10. The van der Waals surface area contributed by atoms with Gasteiger partial charge < -0.3 is 15.6 Å². The molecule has 2 heterocycles. The summed E-state index contributed by atoms with van der Waals surface area (Å²) in [6, 6.07) is 1.75. The number of hydrogen-bond acceptors (Lipinski definition) is 4. The first kappa shape index (κ1) is 13.3. The molecule has 2 rings (SSSR count). The second kappa shape index (κ2) is 4.53. The molecule has 0 saturated heterocycles.